The smallest absolute Gasteiger partial charge is 0.261 e. The molecule has 0 bridgehead atoms. The lowest BCUT2D eigenvalue weighted by atomic mass is 10.1. The Hall–Kier alpha value is -2.90. The zero-order chi connectivity index (χ0) is 25.0. The number of nitrogens with zero attached hydrogens (tertiary/aromatic N) is 2. The second-order valence-corrected chi connectivity index (χ2v) is 9.35. The van der Waals surface area contributed by atoms with Gasteiger partial charge < -0.3 is 10.2 Å². The summed E-state index contributed by atoms with van der Waals surface area (Å²) >= 11 is 12.3. The van der Waals surface area contributed by atoms with E-state index in [0.717, 1.165) is 4.90 Å². The number of carbonyl (C=O) groups is 4. The van der Waals surface area contributed by atoms with Crippen molar-refractivity contribution in [1.29, 1.82) is 0 Å². The molecule has 180 valence electrons. The van der Waals surface area contributed by atoms with Crippen molar-refractivity contribution in [2.45, 2.75) is 52.2 Å². The molecule has 0 aliphatic carbocycles. The summed E-state index contributed by atoms with van der Waals surface area (Å²) in [6.07, 6.45) is 0.325. The highest BCUT2D eigenvalue weighted by Crippen LogP contribution is 2.25. The van der Waals surface area contributed by atoms with Crippen LogP contribution in [-0.4, -0.2) is 52.1 Å². The lowest BCUT2D eigenvalue weighted by molar-refractivity contribution is -0.140. The molecule has 2 aromatic carbocycles. The third-order valence-electron chi connectivity index (χ3n) is 5.60. The number of halogens is 2. The highest BCUT2D eigenvalue weighted by molar-refractivity contribution is 6.35. The number of hydrogen-bond donors (Lipinski definition) is 1. The van der Waals surface area contributed by atoms with Crippen LogP contribution in [0.1, 0.15) is 59.9 Å². The standard InChI is InChI=1S/C25H27Cl2N3O4/c1-15(2)28-23(32)16(3)30(14-17-10-11-18(26)13-21(17)27)22(31)9-6-12-29-24(33)19-7-4-5-8-20(19)25(29)34/h4-5,7-8,10-11,13,15-16H,6,9,12,14H2,1-3H3,(H,28,32)/t16-/m1/s1. The summed E-state index contributed by atoms with van der Waals surface area (Å²) in [7, 11) is 0. The molecule has 1 N–H and O–H groups in total. The molecule has 0 saturated heterocycles. The molecule has 9 heteroatoms. The first-order valence-electron chi connectivity index (χ1n) is 11.1. The normalized spacial score (nSPS) is 13.8. The molecule has 0 unspecified atom stereocenters. The number of imide groups is 1. The predicted octanol–water partition coefficient (Wildman–Crippen LogP) is 4.31. The maximum atomic E-state index is 13.2. The van der Waals surface area contributed by atoms with Gasteiger partial charge >= 0.3 is 0 Å². The molecule has 0 spiro atoms. The number of nitrogens with one attached hydrogen (secondary N) is 1. The van der Waals surface area contributed by atoms with Crippen LogP contribution < -0.4 is 5.32 Å². The van der Waals surface area contributed by atoms with Gasteiger partial charge in [-0.3, -0.25) is 24.1 Å². The van der Waals surface area contributed by atoms with Gasteiger partial charge in [0.1, 0.15) is 6.04 Å². The largest absolute Gasteiger partial charge is 0.352 e. The number of amides is 4. The van der Waals surface area contributed by atoms with Crippen LogP contribution in [0.4, 0.5) is 0 Å². The van der Waals surface area contributed by atoms with Crippen LogP contribution in [0.5, 0.6) is 0 Å². The Morgan fingerprint density at radius 1 is 1.00 bits per heavy atom. The predicted molar refractivity (Wildman–Crippen MR) is 131 cm³/mol. The third kappa shape index (κ3) is 5.77. The number of rotatable bonds is 9. The van der Waals surface area contributed by atoms with Gasteiger partial charge in [0.2, 0.25) is 11.8 Å². The van der Waals surface area contributed by atoms with E-state index < -0.39 is 6.04 Å². The molecular formula is C25H27Cl2N3O4. The van der Waals surface area contributed by atoms with Crippen molar-refractivity contribution < 1.29 is 19.2 Å². The van der Waals surface area contributed by atoms with E-state index in [0.29, 0.717) is 26.7 Å². The first-order chi connectivity index (χ1) is 16.1. The first kappa shape index (κ1) is 25.7. The van der Waals surface area contributed by atoms with Crippen molar-refractivity contribution in [2.75, 3.05) is 6.54 Å². The first-order valence-corrected chi connectivity index (χ1v) is 11.8. The summed E-state index contributed by atoms with van der Waals surface area (Å²) in [6.45, 7) is 5.57. The minimum absolute atomic E-state index is 0.0535. The van der Waals surface area contributed by atoms with Crippen LogP contribution in [0, 0.1) is 0 Å². The van der Waals surface area contributed by atoms with Gasteiger partial charge in [-0.15, -0.1) is 0 Å². The molecule has 0 aromatic heterocycles. The van der Waals surface area contributed by atoms with Gasteiger partial charge in [-0.2, -0.15) is 0 Å². The van der Waals surface area contributed by atoms with E-state index in [4.69, 9.17) is 23.2 Å². The van der Waals surface area contributed by atoms with Crippen LogP contribution in [-0.2, 0) is 16.1 Å². The van der Waals surface area contributed by atoms with Gasteiger partial charge in [0.05, 0.1) is 11.1 Å². The van der Waals surface area contributed by atoms with E-state index in [1.807, 2.05) is 13.8 Å². The van der Waals surface area contributed by atoms with Crippen LogP contribution >= 0.6 is 23.2 Å². The number of fused-ring (bicyclic) bond motifs is 1. The van der Waals surface area contributed by atoms with Gasteiger partial charge in [-0.1, -0.05) is 41.4 Å². The minimum atomic E-state index is -0.749. The Morgan fingerprint density at radius 2 is 1.62 bits per heavy atom. The van der Waals surface area contributed by atoms with Gasteiger partial charge in [0, 0.05) is 35.6 Å². The third-order valence-corrected chi connectivity index (χ3v) is 6.19. The molecule has 4 amide bonds. The monoisotopic (exact) mass is 503 g/mol. The van der Waals surface area contributed by atoms with E-state index in [2.05, 4.69) is 5.32 Å². The Labute approximate surface area is 209 Å². The summed E-state index contributed by atoms with van der Waals surface area (Å²) in [6, 6.07) is 10.8. The Bertz CT molecular complexity index is 1080. The van der Waals surface area contributed by atoms with Crippen molar-refractivity contribution >= 4 is 46.8 Å². The number of benzene rings is 2. The molecule has 1 aliphatic rings. The van der Waals surface area contributed by atoms with Crippen molar-refractivity contribution in [3.05, 3.63) is 69.2 Å². The molecule has 1 atom stereocenters. The summed E-state index contributed by atoms with van der Waals surface area (Å²) in [4.78, 5) is 53.6. The van der Waals surface area contributed by atoms with Crippen LogP contribution in [0.3, 0.4) is 0 Å². The second-order valence-electron chi connectivity index (χ2n) is 8.51. The van der Waals surface area contributed by atoms with Crippen molar-refractivity contribution in [3.8, 4) is 0 Å². The van der Waals surface area contributed by atoms with Crippen LogP contribution in [0.25, 0.3) is 0 Å². The average molecular weight is 504 g/mol. The Kier molecular flexibility index (Phi) is 8.33. The van der Waals surface area contributed by atoms with E-state index >= 15 is 0 Å². The van der Waals surface area contributed by atoms with Gasteiger partial charge in [0.15, 0.2) is 0 Å². The average Bonchev–Trinajstić information content (AvgIpc) is 3.02. The zero-order valence-corrected chi connectivity index (χ0v) is 20.8. The molecule has 0 saturated carbocycles. The molecule has 1 aliphatic heterocycles. The summed E-state index contributed by atoms with van der Waals surface area (Å²) in [5.74, 6) is -1.28. The highest BCUT2D eigenvalue weighted by atomic mass is 35.5. The topological polar surface area (TPSA) is 86.8 Å². The summed E-state index contributed by atoms with van der Waals surface area (Å²) in [5, 5.41) is 3.69. The Balaban J connectivity index is 1.70. The molecule has 34 heavy (non-hydrogen) atoms. The number of hydrogen-bond acceptors (Lipinski definition) is 4. The maximum absolute atomic E-state index is 13.2. The number of carbonyl (C=O) groups excluding carboxylic acids is 4. The van der Waals surface area contributed by atoms with Gasteiger partial charge in [0.25, 0.3) is 11.8 Å². The molecule has 2 aromatic rings. The Morgan fingerprint density at radius 3 is 2.18 bits per heavy atom. The lowest BCUT2D eigenvalue weighted by Gasteiger charge is -2.30. The lowest BCUT2D eigenvalue weighted by Crippen LogP contribution is -2.49. The van der Waals surface area contributed by atoms with Crippen molar-refractivity contribution in [2.24, 2.45) is 0 Å². The fraction of sp³-hybridized carbons (Fsp3) is 0.360. The second kappa shape index (κ2) is 11.0. The van der Waals surface area contributed by atoms with E-state index in [9.17, 15) is 19.2 Å². The van der Waals surface area contributed by atoms with E-state index in [1.165, 1.54) is 4.90 Å². The van der Waals surface area contributed by atoms with Crippen molar-refractivity contribution in [1.82, 2.24) is 15.1 Å². The van der Waals surface area contributed by atoms with Crippen LogP contribution in [0.15, 0.2) is 42.5 Å². The fourth-order valence-electron chi connectivity index (χ4n) is 3.80. The van der Waals surface area contributed by atoms with Crippen LogP contribution in [0.2, 0.25) is 10.0 Å². The minimum Gasteiger partial charge on any atom is -0.352 e. The maximum Gasteiger partial charge on any atom is 0.261 e. The SMILES string of the molecule is CC(C)NC(=O)[C@@H](C)N(Cc1ccc(Cl)cc1Cl)C(=O)CCCN1C(=O)c2ccccc2C1=O. The molecule has 1 heterocycles. The quantitative estimate of drug-likeness (QED) is 0.516. The molecule has 3 rings (SSSR count). The summed E-state index contributed by atoms with van der Waals surface area (Å²) < 4.78 is 0. The highest BCUT2D eigenvalue weighted by Gasteiger charge is 2.35. The summed E-state index contributed by atoms with van der Waals surface area (Å²) in [5.41, 5.74) is 1.40. The molecular weight excluding hydrogens is 477 g/mol. The van der Waals surface area contributed by atoms with Gasteiger partial charge in [-0.25, -0.2) is 0 Å². The molecule has 0 fully saturated rings. The van der Waals surface area contributed by atoms with Gasteiger partial charge in [-0.05, 0) is 57.0 Å². The molecule has 7 nitrogen and oxygen atoms in total. The molecule has 0 radical (unpaired) electrons. The van der Waals surface area contributed by atoms with Crippen molar-refractivity contribution in [3.63, 3.8) is 0 Å². The van der Waals surface area contributed by atoms with E-state index in [1.54, 1.807) is 49.4 Å². The van der Waals surface area contributed by atoms with E-state index in [-0.39, 0.29) is 55.6 Å². The fourth-order valence-corrected chi connectivity index (χ4v) is 4.26. The zero-order valence-electron chi connectivity index (χ0n) is 19.3.